The Balaban J connectivity index is 2.82. The topological polar surface area (TPSA) is 64.3 Å². The molecule has 8 heavy (non-hydrogen) atoms. The van der Waals surface area contributed by atoms with Crippen LogP contribution in [0.15, 0.2) is 0 Å². The lowest BCUT2D eigenvalue weighted by Crippen LogP contribution is -2.29. The van der Waals surface area contributed by atoms with Crippen molar-refractivity contribution < 1.29 is 9.53 Å². The zero-order valence-corrected chi connectivity index (χ0v) is 4.81. The van der Waals surface area contributed by atoms with Crippen molar-refractivity contribution in [3.8, 4) is 0 Å². The van der Waals surface area contributed by atoms with Crippen LogP contribution in [0.3, 0.4) is 0 Å². The van der Waals surface area contributed by atoms with Gasteiger partial charge in [-0.05, 0) is 0 Å². The molecule has 4 nitrogen and oxygen atoms in total. The normalized spacial score (nSPS) is 9.12. The van der Waals surface area contributed by atoms with Crippen LogP contribution in [-0.2, 0) is 9.53 Å². The second-order valence-corrected chi connectivity index (χ2v) is 1.33. The zero-order valence-electron chi connectivity index (χ0n) is 4.81. The largest absolute Gasteiger partial charge is 0.370 e. The molecule has 4 heteroatoms. The number of rotatable bonds is 4. The van der Waals surface area contributed by atoms with E-state index in [0.29, 0.717) is 6.73 Å². The van der Waals surface area contributed by atoms with Crippen LogP contribution < -0.4 is 11.1 Å². The maximum Gasteiger partial charge on any atom is 0.231 e. The summed E-state index contributed by atoms with van der Waals surface area (Å²) in [6, 6.07) is 0. The monoisotopic (exact) mass is 118 g/mol. The summed E-state index contributed by atoms with van der Waals surface area (Å²) in [6.07, 6.45) is 0. The number of primary amides is 1. The molecule has 0 saturated heterocycles. The minimum Gasteiger partial charge on any atom is -0.370 e. The van der Waals surface area contributed by atoms with Gasteiger partial charge in [0, 0.05) is 7.11 Å². The summed E-state index contributed by atoms with van der Waals surface area (Å²) in [4.78, 5) is 9.98. The van der Waals surface area contributed by atoms with Gasteiger partial charge >= 0.3 is 0 Å². The zero-order chi connectivity index (χ0) is 6.41. The maximum absolute atomic E-state index is 9.98. The summed E-state index contributed by atoms with van der Waals surface area (Å²) in [6.45, 7) is 0.538. The molecule has 0 aliphatic carbocycles. The van der Waals surface area contributed by atoms with E-state index < -0.39 is 0 Å². The summed E-state index contributed by atoms with van der Waals surface area (Å²) >= 11 is 0. The lowest BCUT2D eigenvalue weighted by Gasteiger charge is -1.96. The molecule has 0 rings (SSSR count). The van der Waals surface area contributed by atoms with Crippen molar-refractivity contribution in [2.45, 2.75) is 0 Å². The molecule has 0 spiro atoms. The van der Waals surface area contributed by atoms with E-state index in [2.05, 4.69) is 10.1 Å². The first-order chi connectivity index (χ1) is 3.77. The van der Waals surface area contributed by atoms with Crippen LogP contribution >= 0.6 is 0 Å². The minimum absolute atomic E-state index is 0.174. The summed E-state index contributed by atoms with van der Waals surface area (Å²) in [5, 5.41) is 2.64. The Morgan fingerprint density at radius 3 is 2.88 bits per heavy atom. The molecule has 3 N–H and O–H groups in total. The third-order valence-corrected chi connectivity index (χ3v) is 0.546. The average molecular weight is 118 g/mol. The van der Waals surface area contributed by atoms with Gasteiger partial charge < -0.3 is 10.5 Å². The van der Waals surface area contributed by atoms with E-state index in [4.69, 9.17) is 5.73 Å². The first-order valence-electron chi connectivity index (χ1n) is 2.25. The molecule has 0 aliphatic rings. The SMILES string of the molecule is COCNCC(N)=O. The molecule has 0 fully saturated rings. The second kappa shape index (κ2) is 4.55. The predicted molar refractivity (Wildman–Crippen MR) is 29.1 cm³/mol. The van der Waals surface area contributed by atoms with Crippen LogP contribution in [0, 0.1) is 0 Å². The van der Waals surface area contributed by atoms with Crippen LogP contribution in [0.1, 0.15) is 0 Å². The fourth-order valence-corrected chi connectivity index (χ4v) is 0.276. The Bertz CT molecular complexity index is 74.4. The summed E-state index contributed by atoms with van der Waals surface area (Å²) in [5.41, 5.74) is 4.78. The summed E-state index contributed by atoms with van der Waals surface area (Å²) in [7, 11) is 1.54. The maximum atomic E-state index is 9.98. The lowest BCUT2D eigenvalue weighted by atomic mass is 10.6. The van der Waals surface area contributed by atoms with Gasteiger partial charge in [0.25, 0.3) is 0 Å². The first-order valence-corrected chi connectivity index (χ1v) is 2.25. The smallest absolute Gasteiger partial charge is 0.231 e. The molecule has 0 bridgehead atoms. The van der Waals surface area contributed by atoms with Crippen molar-refractivity contribution in [1.29, 1.82) is 0 Å². The van der Waals surface area contributed by atoms with E-state index in [0.717, 1.165) is 0 Å². The minimum atomic E-state index is -0.373. The highest BCUT2D eigenvalue weighted by molar-refractivity contribution is 5.75. The van der Waals surface area contributed by atoms with Crippen molar-refractivity contribution in [2.75, 3.05) is 20.4 Å². The van der Waals surface area contributed by atoms with E-state index >= 15 is 0 Å². The number of carbonyl (C=O) groups is 1. The number of nitrogens with one attached hydrogen (secondary N) is 1. The Morgan fingerprint density at radius 2 is 2.50 bits per heavy atom. The van der Waals surface area contributed by atoms with Gasteiger partial charge in [0.15, 0.2) is 0 Å². The number of carbonyl (C=O) groups excluding carboxylic acids is 1. The van der Waals surface area contributed by atoms with Gasteiger partial charge in [-0.25, -0.2) is 0 Å². The summed E-state index contributed by atoms with van der Waals surface area (Å²) in [5.74, 6) is -0.373. The van der Waals surface area contributed by atoms with Crippen molar-refractivity contribution >= 4 is 5.91 Å². The van der Waals surface area contributed by atoms with E-state index in [9.17, 15) is 4.79 Å². The molecule has 1 amide bonds. The average Bonchev–Trinajstić information content (AvgIpc) is 1.66. The standard InChI is InChI=1S/C4H10N2O2/c1-8-3-6-2-4(5)7/h6H,2-3H2,1H3,(H2,5,7). The van der Waals surface area contributed by atoms with Crippen LogP contribution in [0.5, 0.6) is 0 Å². The van der Waals surface area contributed by atoms with Crippen molar-refractivity contribution in [2.24, 2.45) is 5.73 Å². The molecule has 0 aromatic heterocycles. The van der Waals surface area contributed by atoms with Crippen molar-refractivity contribution in [3.63, 3.8) is 0 Å². The molecule has 0 aromatic rings. The van der Waals surface area contributed by atoms with Crippen molar-refractivity contribution in [1.82, 2.24) is 5.32 Å². The van der Waals surface area contributed by atoms with Gasteiger partial charge in [0.05, 0.1) is 13.3 Å². The molecule has 0 aliphatic heterocycles. The number of ether oxygens (including phenoxy) is 1. The molecule has 0 unspecified atom stereocenters. The van der Waals surface area contributed by atoms with Gasteiger partial charge in [-0.2, -0.15) is 0 Å². The number of nitrogens with two attached hydrogens (primary N) is 1. The first kappa shape index (κ1) is 7.39. The molecular formula is C4H10N2O2. The second-order valence-electron chi connectivity index (χ2n) is 1.33. The summed E-state index contributed by atoms with van der Waals surface area (Å²) < 4.78 is 4.57. The van der Waals surface area contributed by atoms with Crippen LogP contribution in [0.25, 0.3) is 0 Å². The Hall–Kier alpha value is -0.610. The predicted octanol–water partition coefficient (Wildman–Crippen LogP) is -1.33. The van der Waals surface area contributed by atoms with Crippen LogP contribution in [0.2, 0.25) is 0 Å². The van der Waals surface area contributed by atoms with Gasteiger partial charge in [-0.15, -0.1) is 0 Å². The highest BCUT2D eigenvalue weighted by Crippen LogP contribution is 1.57. The Labute approximate surface area is 48.0 Å². The van der Waals surface area contributed by atoms with Crippen molar-refractivity contribution in [3.05, 3.63) is 0 Å². The van der Waals surface area contributed by atoms with Crippen LogP contribution in [-0.4, -0.2) is 26.3 Å². The number of hydrogen-bond acceptors (Lipinski definition) is 3. The number of amides is 1. The molecule has 0 radical (unpaired) electrons. The highest BCUT2D eigenvalue weighted by atomic mass is 16.5. The van der Waals surface area contributed by atoms with Gasteiger partial charge in [0.2, 0.25) is 5.91 Å². The third-order valence-electron chi connectivity index (χ3n) is 0.546. The number of methoxy groups -OCH3 is 1. The molecule has 0 atom stereocenters. The molecule has 0 aromatic carbocycles. The van der Waals surface area contributed by atoms with E-state index in [1.165, 1.54) is 7.11 Å². The Morgan fingerprint density at radius 1 is 1.88 bits per heavy atom. The van der Waals surface area contributed by atoms with Gasteiger partial charge in [-0.1, -0.05) is 0 Å². The molecular weight excluding hydrogens is 108 g/mol. The third kappa shape index (κ3) is 5.39. The molecule has 0 heterocycles. The fourth-order valence-electron chi connectivity index (χ4n) is 0.276. The van der Waals surface area contributed by atoms with E-state index in [1.54, 1.807) is 0 Å². The van der Waals surface area contributed by atoms with E-state index in [1.807, 2.05) is 0 Å². The molecule has 48 valence electrons. The quantitative estimate of drug-likeness (QED) is 0.355. The lowest BCUT2D eigenvalue weighted by molar-refractivity contribution is -0.117. The highest BCUT2D eigenvalue weighted by Gasteiger charge is 1.88. The van der Waals surface area contributed by atoms with Gasteiger partial charge in [0.1, 0.15) is 0 Å². The molecule has 0 saturated carbocycles. The van der Waals surface area contributed by atoms with Gasteiger partial charge in [-0.3, -0.25) is 10.1 Å². The number of hydrogen-bond donors (Lipinski definition) is 2. The van der Waals surface area contributed by atoms with Crippen LogP contribution in [0.4, 0.5) is 0 Å². The van der Waals surface area contributed by atoms with E-state index in [-0.39, 0.29) is 12.5 Å². The fraction of sp³-hybridized carbons (Fsp3) is 0.750. The Kier molecular flexibility index (Phi) is 4.20.